The van der Waals surface area contributed by atoms with Gasteiger partial charge < -0.3 is 10.1 Å². The zero-order valence-electron chi connectivity index (χ0n) is 12.6. The first-order valence-corrected chi connectivity index (χ1v) is 6.92. The van der Waals surface area contributed by atoms with Crippen molar-refractivity contribution in [3.05, 3.63) is 23.3 Å². The van der Waals surface area contributed by atoms with Crippen molar-refractivity contribution in [3.63, 3.8) is 0 Å². The van der Waals surface area contributed by atoms with Crippen molar-refractivity contribution in [2.75, 3.05) is 19.7 Å². The van der Waals surface area contributed by atoms with Crippen LogP contribution in [0.5, 0.6) is 0 Å². The summed E-state index contributed by atoms with van der Waals surface area (Å²) in [6.45, 7) is 3.70. The fourth-order valence-electron chi connectivity index (χ4n) is 2.23. The van der Waals surface area contributed by atoms with Crippen LogP contribution in [0.4, 0.5) is 4.79 Å². The van der Waals surface area contributed by atoms with Crippen molar-refractivity contribution in [2.45, 2.75) is 13.8 Å². The summed E-state index contributed by atoms with van der Waals surface area (Å²) in [5.74, 6) is -1.35. The number of aryl methyl sites for hydroxylation is 2. The number of aromatic nitrogens is 4. The van der Waals surface area contributed by atoms with Gasteiger partial charge in [-0.3, -0.25) is 9.69 Å². The van der Waals surface area contributed by atoms with E-state index in [0.29, 0.717) is 6.54 Å². The third-order valence-electron chi connectivity index (χ3n) is 3.29. The van der Waals surface area contributed by atoms with Crippen molar-refractivity contribution in [1.29, 1.82) is 0 Å². The number of ether oxygens (including phenoxy) is 1. The molecule has 3 heterocycles. The predicted molar refractivity (Wildman–Crippen MR) is 75.7 cm³/mol. The molecular weight excluding hydrogens is 304 g/mol. The highest BCUT2D eigenvalue weighted by molar-refractivity contribution is 5.97. The van der Waals surface area contributed by atoms with Gasteiger partial charge in [-0.05, 0) is 19.9 Å². The maximum atomic E-state index is 12.0. The quantitative estimate of drug-likeness (QED) is 0.754. The molecule has 1 aliphatic rings. The first-order valence-electron chi connectivity index (χ1n) is 6.92. The molecule has 0 atom stereocenters. The lowest BCUT2D eigenvalue weighted by Gasteiger charge is -2.11. The van der Waals surface area contributed by atoms with Crippen LogP contribution in [0.25, 0.3) is 5.78 Å². The van der Waals surface area contributed by atoms with Crippen molar-refractivity contribution < 1.29 is 19.1 Å². The van der Waals surface area contributed by atoms with E-state index in [2.05, 4.69) is 20.4 Å². The highest BCUT2D eigenvalue weighted by Gasteiger charge is 2.27. The molecule has 3 rings (SSSR count). The number of nitrogens with zero attached hydrogens (tertiary/aromatic N) is 5. The Labute approximate surface area is 130 Å². The number of carbonyl (C=O) groups is 3. The second kappa shape index (κ2) is 5.63. The standard InChI is InChI=1S/C13H14N6O4/c1-7-5-8(2)19-12(15-7)16-10(17-19)11(21)23-6-9(20)18-4-3-14-13(18)22/h5H,3-4,6H2,1-2H3,(H,14,22). The van der Waals surface area contributed by atoms with E-state index in [9.17, 15) is 14.4 Å². The minimum atomic E-state index is -0.847. The van der Waals surface area contributed by atoms with E-state index in [0.717, 1.165) is 16.3 Å². The zero-order valence-corrected chi connectivity index (χ0v) is 12.6. The van der Waals surface area contributed by atoms with Gasteiger partial charge in [0, 0.05) is 24.5 Å². The van der Waals surface area contributed by atoms with Crippen molar-refractivity contribution in [1.82, 2.24) is 29.8 Å². The molecule has 0 aliphatic carbocycles. The summed E-state index contributed by atoms with van der Waals surface area (Å²) in [6, 6.07) is 1.30. The first kappa shape index (κ1) is 14.9. The molecule has 120 valence electrons. The van der Waals surface area contributed by atoms with Crippen LogP contribution in [0.2, 0.25) is 0 Å². The molecule has 0 unspecified atom stereocenters. The molecule has 3 amide bonds. The normalized spacial score (nSPS) is 14.2. The number of fused-ring (bicyclic) bond motifs is 1. The zero-order chi connectivity index (χ0) is 16.6. The average Bonchev–Trinajstić information content (AvgIpc) is 3.10. The fraction of sp³-hybridized carbons (Fsp3) is 0.385. The number of nitrogens with one attached hydrogen (secondary N) is 1. The molecule has 0 bridgehead atoms. The minimum absolute atomic E-state index is 0.190. The molecule has 0 aromatic carbocycles. The van der Waals surface area contributed by atoms with E-state index < -0.39 is 24.5 Å². The summed E-state index contributed by atoms with van der Waals surface area (Å²) in [5, 5.41) is 6.50. The lowest BCUT2D eigenvalue weighted by Crippen LogP contribution is -2.37. The van der Waals surface area contributed by atoms with Crippen LogP contribution in [0.1, 0.15) is 22.0 Å². The summed E-state index contributed by atoms with van der Waals surface area (Å²) in [4.78, 5) is 44.2. The Bertz CT molecular complexity index is 814. The summed E-state index contributed by atoms with van der Waals surface area (Å²) < 4.78 is 6.29. The minimum Gasteiger partial charge on any atom is -0.450 e. The maximum absolute atomic E-state index is 12.0. The third-order valence-corrected chi connectivity index (χ3v) is 3.29. The van der Waals surface area contributed by atoms with Gasteiger partial charge in [-0.1, -0.05) is 0 Å². The molecule has 0 radical (unpaired) electrons. The topological polar surface area (TPSA) is 119 Å². The Morgan fingerprint density at radius 3 is 2.83 bits per heavy atom. The van der Waals surface area contributed by atoms with Gasteiger partial charge in [0.1, 0.15) is 0 Å². The van der Waals surface area contributed by atoms with Crippen LogP contribution in [0, 0.1) is 13.8 Å². The molecule has 2 aromatic heterocycles. The lowest BCUT2D eigenvalue weighted by atomic mass is 10.4. The molecule has 2 aromatic rings. The van der Waals surface area contributed by atoms with Crippen LogP contribution in [0.3, 0.4) is 0 Å². The van der Waals surface area contributed by atoms with Crippen molar-refractivity contribution in [2.24, 2.45) is 0 Å². The Kier molecular flexibility index (Phi) is 3.64. The predicted octanol–water partition coefficient (Wildman–Crippen LogP) is -0.550. The number of hydrogen-bond donors (Lipinski definition) is 1. The largest absolute Gasteiger partial charge is 0.450 e. The van der Waals surface area contributed by atoms with E-state index in [1.54, 1.807) is 19.9 Å². The highest BCUT2D eigenvalue weighted by atomic mass is 16.5. The third kappa shape index (κ3) is 2.82. The van der Waals surface area contributed by atoms with Crippen LogP contribution >= 0.6 is 0 Å². The van der Waals surface area contributed by atoms with Gasteiger partial charge >= 0.3 is 12.0 Å². The number of esters is 1. The second-order valence-corrected chi connectivity index (χ2v) is 5.04. The smallest absolute Gasteiger partial charge is 0.378 e. The Morgan fingerprint density at radius 1 is 1.35 bits per heavy atom. The van der Waals surface area contributed by atoms with Gasteiger partial charge in [-0.25, -0.2) is 19.1 Å². The molecule has 0 saturated carbocycles. The molecule has 1 N–H and O–H groups in total. The fourth-order valence-corrected chi connectivity index (χ4v) is 2.23. The van der Waals surface area contributed by atoms with Gasteiger partial charge in [0.05, 0.1) is 0 Å². The molecular formula is C13H14N6O4. The van der Waals surface area contributed by atoms with E-state index in [-0.39, 0.29) is 18.1 Å². The molecule has 1 fully saturated rings. The van der Waals surface area contributed by atoms with Gasteiger partial charge in [0.2, 0.25) is 0 Å². The Hall–Kier alpha value is -3.04. The number of carbonyl (C=O) groups excluding carboxylic acids is 3. The van der Waals surface area contributed by atoms with Crippen LogP contribution in [-0.2, 0) is 9.53 Å². The highest BCUT2D eigenvalue weighted by Crippen LogP contribution is 2.06. The van der Waals surface area contributed by atoms with Crippen LogP contribution < -0.4 is 5.32 Å². The van der Waals surface area contributed by atoms with Gasteiger partial charge in [0.25, 0.3) is 17.5 Å². The molecule has 10 nitrogen and oxygen atoms in total. The first-order chi connectivity index (χ1) is 11.0. The Balaban J connectivity index is 1.70. The number of urea groups is 1. The number of amides is 3. The summed E-state index contributed by atoms with van der Waals surface area (Å²) in [5.41, 5.74) is 1.52. The van der Waals surface area contributed by atoms with Crippen molar-refractivity contribution in [3.8, 4) is 0 Å². The summed E-state index contributed by atoms with van der Waals surface area (Å²) >= 11 is 0. The molecule has 10 heteroatoms. The SMILES string of the molecule is Cc1cc(C)n2nc(C(=O)OCC(=O)N3CCNC3=O)nc2n1. The monoisotopic (exact) mass is 318 g/mol. The maximum Gasteiger partial charge on any atom is 0.378 e. The van der Waals surface area contributed by atoms with Gasteiger partial charge in [-0.2, -0.15) is 4.98 Å². The Morgan fingerprint density at radius 2 is 2.13 bits per heavy atom. The average molecular weight is 318 g/mol. The van der Waals surface area contributed by atoms with E-state index >= 15 is 0 Å². The molecule has 23 heavy (non-hydrogen) atoms. The number of hydrogen-bond acceptors (Lipinski definition) is 7. The van der Waals surface area contributed by atoms with Crippen molar-refractivity contribution >= 4 is 23.7 Å². The molecule has 1 saturated heterocycles. The number of imide groups is 1. The van der Waals surface area contributed by atoms with Crippen LogP contribution in [-0.4, -0.2) is 62.1 Å². The van der Waals surface area contributed by atoms with Crippen LogP contribution in [0.15, 0.2) is 6.07 Å². The second-order valence-electron chi connectivity index (χ2n) is 5.04. The molecule has 0 spiro atoms. The van der Waals surface area contributed by atoms with Gasteiger partial charge in [-0.15, -0.1) is 5.10 Å². The van der Waals surface area contributed by atoms with E-state index in [1.165, 1.54) is 4.52 Å². The summed E-state index contributed by atoms with van der Waals surface area (Å²) in [7, 11) is 0. The number of rotatable bonds is 3. The molecule has 1 aliphatic heterocycles. The van der Waals surface area contributed by atoms with Gasteiger partial charge in [0.15, 0.2) is 6.61 Å². The van der Waals surface area contributed by atoms with E-state index in [1.807, 2.05) is 0 Å². The summed E-state index contributed by atoms with van der Waals surface area (Å²) in [6.07, 6.45) is 0. The lowest BCUT2D eigenvalue weighted by molar-refractivity contribution is -0.130. The van der Waals surface area contributed by atoms with E-state index in [4.69, 9.17) is 4.74 Å².